The summed E-state index contributed by atoms with van der Waals surface area (Å²) in [5.74, 6) is -0.532. The number of carbonyl (C=O) groups is 3. The molecule has 3 unspecified atom stereocenters. The molecule has 13 nitrogen and oxygen atoms in total. The van der Waals surface area contributed by atoms with E-state index in [1.54, 1.807) is 48.4 Å². The molecule has 2 aliphatic rings. The highest BCUT2D eigenvalue weighted by molar-refractivity contribution is 7.21. The van der Waals surface area contributed by atoms with Gasteiger partial charge in [-0.1, -0.05) is 21.9 Å². The van der Waals surface area contributed by atoms with Crippen molar-refractivity contribution in [2.45, 2.75) is 38.5 Å². The fraction of sp³-hybridized carbons (Fsp3) is 0.333. The number of halogens is 1. The van der Waals surface area contributed by atoms with E-state index in [4.69, 9.17) is 5.73 Å². The van der Waals surface area contributed by atoms with Gasteiger partial charge in [0.25, 0.3) is 5.91 Å². The SMILES string of the molecule is CC1Cc2c(NC(=O)C3CC(F)CN3C(=O)Cn3nc(C(N)=O)c4cc(-c5ccnnc5)ccc43)nn(C)c2NC1=P. The second-order valence-corrected chi connectivity index (χ2v) is 11.1. The molecular weight excluding hydrogens is 562 g/mol. The Bertz CT molecular complexity index is 1750. The van der Waals surface area contributed by atoms with E-state index in [0.29, 0.717) is 23.1 Å². The van der Waals surface area contributed by atoms with E-state index in [1.165, 1.54) is 9.58 Å². The molecule has 0 spiro atoms. The van der Waals surface area contributed by atoms with E-state index in [2.05, 4.69) is 39.9 Å². The van der Waals surface area contributed by atoms with Gasteiger partial charge in [0.1, 0.15) is 24.6 Å². The quantitative estimate of drug-likeness (QED) is 0.286. The number of rotatable bonds is 6. The number of benzene rings is 1. The standard InChI is InChI=1S/C27H28FN10O3P/c1-13-7-18-24(35-36(2)25(18)33-27(13)42)32-26(41)20-9-16(28)11-37(20)21(39)12-38-19-4-3-14(15-5-6-30-31-10-15)8-17(19)22(34-38)23(29)40/h3-6,8,10,13,16,20,33,42H,7,9,11-12H2,1-2H3,(H2,29,40)(H,32,35,41). The number of primary amides is 1. The fourth-order valence-corrected chi connectivity index (χ4v) is 5.75. The highest BCUT2D eigenvalue weighted by Gasteiger charge is 2.41. The molecule has 1 fully saturated rings. The number of likely N-dealkylation sites (tertiary alicyclic amines) is 1. The fourth-order valence-electron chi connectivity index (χ4n) is 5.53. The third-order valence-electron chi connectivity index (χ3n) is 7.70. The summed E-state index contributed by atoms with van der Waals surface area (Å²) in [7, 11) is 5.33. The van der Waals surface area contributed by atoms with Crippen LogP contribution in [0.15, 0.2) is 36.7 Å². The van der Waals surface area contributed by atoms with Crippen LogP contribution in [0.4, 0.5) is 16.0 Å². The number of alkyl halides is 1. The molecule has 4 aromatic rings. The summed E-state index contributed by atoms with van der Waals surface area (Å²) >= 11 is 0. The number of aromatic nitrogens is 6. The van der Waals surface area contributed by atoms with Gasteiger partial charge in [-0.05, 0) is 30.2 Å². The molecule has 3 atom stereocenters. The second-order valence-electron chi connectivity index (χ2n) is 10.6. The van der Waals surface area contributed by atoms with Crippen molar-refractivity contribution in [3.8, 4) is 11.1 Å². The predicted molar refractivity (Wildman–Crippen MR) is 156 cm³/mol. The molecule has 4 N–H and O–H groups in total. The van der Waals surface area contributed by atoms with Gasteiger partial charge in [-0.3, -0.25) is 23.7 Å². The number of carbonyl (C=O) groups excluding carboxylic acids is 3. The smallest absolute Gasteiger partial charge is 0.269 e. The summed E-state index contributed by atoms with van der Waals surface area (Å²) in [4.78, 5) is 40.3. The normalized spacial score (nSPS) is 19.9. The van der Waals surface area contributed by atoms with Gasteiger partial charge in [0.05, 0.1) is 24.5 Å². The van der Waals surface area contributed by atoms with Gasteiger partial charge >= 0.3 is 0 Å². The molecule has 0 saturated carbocycles. The number of aryl methyl sites for hydroxylation is 1. The zero-order valence-electron chi connectivity index (χ0n) is 22.8. The molecule has 216 valence electrons. The van der Waals surface area contributed by atoms with Gasteiger partial charge in [-0.15, -0.1) is 0 Å². The minimum atomic E-state index is -1.37. The Morgan fingerprint density at radius 2 is 2.00 bits per heavy atom. The molecule has 0 bridgehead atoms. The van der Waals surface area contributed by atoms with Gasteiger partial charge in [0.2, 0.25) is 11.8 Å². The van der Waals surface area contributed by atoms with Gasteiger partial charge in [-0.2, -0.15) is 20.4 Å². The zero-order valence-corrected chi connectivity index (χ0v) is 23.8. The van der Waals surface area contributed by atoms with Crippen LogP contribution in [0.3, 0.4) is 0 Å². The molecule has 0 radical (unpaired) electrons. The van der Waals surface area contributed by atoms with Gasteiger partial charge in [0, 0.05) is 41.3 Å². The average Bonchev–Trinajstić information content (AvgIpc) is 3.63. The topological polar surface area (TPSA) is 166 Å². The van der Waals surface area contributed by atoms with Crippen LogP contribution >= 0.6 is 8.86 Å². The molecular formula is C27H28FN10O3P. The van der Waals surface area contributed by atoms with Crippen molar-refractivity contribution in [3.63, 3.8) is 0 Å². The highest BCUT2D eigenvalue weighted by Crippen LogP contribution is 2.33. The van der Waals surface area contributed by atoms with Crippen LogP contribution in [0.5, 0.6) is 0 Å². The summed E-state index contributed by atoms with van der Waals surface area (Å²) in [6, 6.07) is 5.99. The number of hydrogen-bond acceptors (Lipinski definition) is 7. The van der Waals surface area contributed by atoms with Crippen LogP contribution in [-0.4, -0.2) is 76.6 Å². The van der Waals surface area contributed by atoms with Crippen LogP contribution in [0, 0.1) is 5.92 Å². The highest BCUT2D eigenvalue weighted by atomic mass is 31.0. The average molecular weight is 591 g/mol. The number of amides is 3. The lowest BCUT2D eigenvalue weighted by Gasteiger charge is -2.25. The van der Waals surface area contributed by atoms with Crippen molar-refractivity contribution >= 4 is 54.5 Å². The number of nitrogens with two attached hydrogens (primary N) is 1. The third kappa shape index (κ3) is 4.87. The first-order chi connectivity index (χ1) is 20.1. The van der Waals surface area contributed by atoms with Crippen molar-refractivity contribution in [2.24, 2.45) is 18.7 Å². The lowest BCUT2D eigenvalue weighted by Crippen LogP contribution is -2.44. The summed E-state index contributed by atoms with van der Waals surface area (Å²) in [5, 5.41) is 22.9. The van der Waals surface area contributed by atoms with E-state index < -0.39 is 29.9 Å². The zero-order chi connectivity index (χ0) is 29.7. The minimum Gasteiger partial charge on any atom is -0.364 e. The maximum Gasteiger partial charge on any atom is 0.269 e. The molecule has 1 aromatic carbocycles. The number of anilines is 2. The molecule has 3 aromatic heterocycles. The van der Waals surface area contributed by atoms with Crippen LogP contribution < -0.4 is 16.4 Å². The van der Waals surface area contributed by atoms with Crippen molar-refractivity contribution in [2.75, 3.05) is 17.2 Å². The van der Waals surface area contributed by atoms with Crippen molar-refractivity contribution in [3.05, 3.63) is 47.9 Å². The van der Waals surface area contributed by atoms with Crippen LogP contribution in [0.2, 0.25) is 0 Å². The molecule has 5 heterocycles. The lowest BCUT2D eigenvalue weighted by atomic mass is 9.98. The largest absolute Gasteiger partial charge is 0.364 e. The Morgan fingerprint density at radius 1 is 1.19 bits per heavy atom. The first-order valence-corrected chi connectivity index (χ1v) is 13.8. The monoisotopic (exact) mass is 590 g/mol. The van der Waals surface area contributed by atoms with Crippen molar-refractivity contribution in [1.82, 2.24) is 34.7 Å². The Balaban J connectivity index is 1.25. The van der Waals surface area contributed by atoms with Crippen LogP contribution in [-0.2, 0) is 29.6 Å². The van der Waals surface area contributed by atoms with Crippen molar-refractivity contribution in [1.29, 1.82) is 0 Å². The predicted octanol–water partition coefficient (Wildman–Crippen LogP) is 1.78. The summed E-state index contributed by atoms with van der Waals surface area (Å²) in [5.41, 5.74) is 9.36. The Kier molecular flexibility index (Phi) is 6.93. The van der Waals surface area contributed by atoms with E-state index in [1.807, 2.05) is 6.92 Å². The molecule has 3 amide bonds. The van der Waals surface area contributed by atoms with Crippen molar-refractivity contribution < 1.29 is 18.8 Å². The van der Waals surface area contributed by atoms with E-state index in [-0.39, 0.29) is 31.1 Å². The Labute approximate surface area is 241 Å². The first-order valence-electron chi connectivity index (χ1n) is 13.3. The maximum atomic E-state index is 14.7. The number of hydrogen-bond donors (Lipinski definition) is 3. The summed E-state index contributed by atoms with van der Waals surface area (Å²) in [6.45, 7) is 1.47. The Hall–Kier alpha value is -4.71. The van der Waals surface area contributed by atoms with E-state index >= 15 is 0 Å². The summed E-state index contributed by atoms with van der Waals surface area (Å²) < 4.78 is 17.6. The van der Waals surface area contributed by atoms with E-state index in [9.17, 15) is 18.8 Å². The molecule has 2 aliphatic heterocycles. The van der Waals surface area contributed by atoms with E-state index in [0.717, 1.165) is 27.9 Å². The first kappa shape index (κ1) is 27.5. The van der Waals surface area contributed by atoms with Crippen LogP contribution in [0.1, 0.15) is 29.4 Å². The van der Waals surface area contributed by atoms with Gasteiger partial charge in [0.15, 0.2) is 11.5 Å². The molecule has 1 saturated heterocycles. The van der Waals surface area contributed by atoms with Gasteiger partial charge < -0.3 is 21.3 Å². The minimum absolute atomic E-state index is 0.00717. The second kappa shape index (κ2) is 10.6. The third-order valence-corrected chi connectivity index (χ3v) is 8.32. The molecule has 6 rings (SSSR count). The summed E-state index contributed by atoms with van der Waals surface area (Å²) in [6.07, 6.45) is 2.25. The number of nitrogens with one attached hydrogen (secondary N) is 2. The number of nitrogens with zero attached hydrogens (tertiary/aromatic N) is 7. The number of fused-ring (bicyclic) bond motifs is 2. The Morgan fingerprint density at radius 3 is 2.74 bits per heavy atom. The van der Waals surface area contributed by atoms with Gasteiger partial charge in [-0.25, -0.2) is 4.39 Å². The van der Waals surface area contributed by atoms with Crippen LogP contribution in [0.25, 0.3) is 22.0 Å². The molecule has 15 heteroatoms. The molecule has 0 aliphatic carbocycles. The molecule has 42 heavy (non-hydrogen) atoms. The lowest BCUT2D eigenvalue weighted by molar-refractivity contribution is -0.137. The maximum absolute atomic E-state index is 14.7.